The molecule has 0 atom stereocenters. The van der Waals surface area contributed by atoms with Crippen molar-refractivity contribution >= 4 is 6.29 Å². The van der Waals surface area contributed by atoms with E-state index in [9.17, 15) is 4.79 Å². The molecule has 1 saturated carbocycles. The van der Waals surface area contributed by atoms with Crippen molar-refractivity contribution in [2.75, 3.05) is 6.61 Å². The summed E-state index contributed by atoms with van der Waals surface area (Å²) in [6, 6.07) is 7.32. The molecule has 0 aliphatic heterocycles. The first-order valence-corrected chi connectivity index (χ1v) is 6.06. The third-order valence-electron chi connectivity index (χ3n) is 3.23. The van der Waals surface area contributed by atoms with Crippen LogP contribution in [-0.2, 0) is 0 Å². The lowest BCUT2D eigenvalue weighted by molar-refractivity contribution is 0.112. The second-order valence-electron chi connectivity index (χ2n) is 4.50. The molecule has 1 fully saturated rings. The van der Waals surface area contributed by atoms with Gasteiger partial charge in [-0.25, -0.2) is 0 Å². The fraction of sp³-hybridized carbons (Fsp3) is 0.500. The Morgan fingerprint density at radius 1 is 1.12 bits per heavy atom. The van der Waals surface area contributed by atoms with Crippen LogP contribution in [0.25, 0.3) is 0 Å². The van der Waals surface area contributed by atoms with Gasteiger partial charge in [0.25, 0.3) is 0 Å². The van der Waals surface area contributed by atoms with E-state index in [1.807, 2.05) is 12.1 Å². The molecular formula is C14H18O2. The maximum atomic E-state index is 10.5. The van der Waals surface area contributed by atoms with Crippen LogP contribution in [0, 0.1) is 5.92 Å². The van der Waals surface area contributed by atoms with E-state index in [4.69, 9.17) is 4.74 Å². The molecule has 2 heteroatoms. The highest BCUT2D eigenvalue weighted by Gasteiger charge is 2.13. The fourth-order valence-corrected chi connectivity index (χ4v) is 2.21. The van der Waals surface area contributed by atoms with Crippen LogP contribution in [0.3, 0.4) is 0 Å². The standard InChI is InChI=1S/C14H18O2/c15-10-12-6-8-14(9-7-12)16-11-13-4-2-1-3-5-13/h6-10,13H,1-5,11H2. The van der Waals surface area contributed by atoms with Crippen molar-refractivity contribution in [2.24, 2.45) is 5.92 Å². The zero-order valence-corrected chi connectivity index (χ0v) is 9.52. The lowest BCUT2D eigenvalue weighted by atomic mass is 9.90. The summed E-state index contributed by atoms with van der Waals surface area (Å²) in [6.07, 6.45) is 7.52. The molecule has 0 heterocycles. The molecule has 0 N–H and O–H groups in total. The van der Waals surface area contributed by atoms with E-state index in [0.717, 1.165) is 24.6 Å². The molecule has 0 unspecified atom stereocenters. The lowest BCUT2D eigenvalue weighted by Crippen LogP contribution is -2.15. The summed E-state index contributed by atoms with van der Waals surface area (Å²) in [6.45, 7) is 0.820. The summed E-state index contributed by atoms with van der Waals surface area (Å²) in [4.78, 5) is 10.5. The van der Waals surface area contributed by atoms with Crippen LogP contribution in [0.1, 0.15) is 42.5 Å². The Hall–Kier alpha value is -1.31. The van der Waals surface area contributed by atoms with Gasteiger partial charge in [-0.15, -0.1) is 0 Å². The van der Waals surface area contributed by atoms with Crippen LogP contribution in [-0.4, -0.2) is 12.9 Å². The van der Waals surface area contributed by atoms with E-state index in [-0.39, 0.29) is 0 Å². The molecule has 0 spiro atoms. The Bertz CT molecular complexity index is 323. The predicted molar refractivity (Wildman–Crippen MR) is 63.9 cm³/mol. The molecular weight excluding hydrogens is 200 g/mol. The van der Waals surface area contributed by atoms with Crippen LogP contribution in [0.2, 0.25) is 0 Å². The van der Waals surface area contributed by atoms with Gasteiger partial charge in [0.15, 0.2) is 0 Å². The normalized spacial score (nSPS) is 17.0. The van der Waals surface area contributed by atoms with E-state index < -0.39 is 0 Å². The monoisotopic (exact) mass is 218 g/mol. The molecule has 1 aliphatic carbocycles. The maximum absolute atomic E-state index is 10.5. The van der Waals surface area contributed by atoms with Crippen LogP contribution >= 0.6 is 0 Å². The van der Waals surface area contributed by atoms with Gasteiger partial charge in [0.05, 0.1) is 6.61 Å². The molecule has 0 bridgehead atoms. The third kappa shape index (κ3) is 3.09. The number of hydrogen-bond donors (Lipinski definition) is 0. The fourth-order valence-electron chi connectivity index (χ4n) is 2.21. The Kier molecular flexibility index (Phi) is 3.97. The van der Waals surface area contributed by atoms with Gasteiger partial charge in [0, 0.05) is 5.56 Å². The highest BCUT2D eigenvalue weighted by Crippen LogP contribution is 2.24. The van der Waals surface area contributed by atoms with E-state index in [1.54, 1.807) is 12.1 Å². The van der Waals surface area contributed by atoms with Crippen molar-refractivity contribution in [2.45, 2.75) is 32.1 Å². The second kappa shape index (κ2) is 5.69. The maximum Gasteiger partial charge on any atom is 0.150 e. The number of carbonyl (C=O) groups excluding carboxylic acids is 1. The Morgan fingerprint density at radius 3 is 2.44 bits per heavy atom. The van der Waals surface area contributed by atoms with Crippen molar-refractivity contribution in [3.63, 3.8) is 0 Å². The first-order chi connectivity index (χ1) is 7.88. The van der Waals surface area contributed by atoms with E-state index in [1.165, 1.54) is 32.1 Å². The summed E-state index contributed by atoms with van der Waals surface area (Å²) in [7, 11) is 0. The molecule has 0 amide bonds. The Balaban J connectivity index is 1.81. The van der Waals surface area contributed by atoms with Crippen LogP contribution in [0.5, 0.6) is 5.75 Å². The van der Waals surface area contributed by atoms with Crippen molar-refractivity contribution in [1.82, 2.24) is 0 Å². The average molecular weight is 218 g/mol. The molecule has 16 heavy (non-hydrogen) atoms. The number of carbonyl (C=O) groups is 1. The number of benzene rings is 1. The van der Waals surface area contributed by atoms with Crippen LogP contribution < -0.4 is 4.74 Å². The summed E-state index contributed by atoms with van der Waals surface area (Å²) in [5.41, 5.74) is 0.699. The largest absolute Gasteiger partial charge is 0.493 e. The van der Waals surface area contributed by atoms with Gasteiger partial charge in [-0.1, -0.05) is 19.3 Å². The average Bonchev–Trinajstić information content (AvgIpc) is 2.38. The lowest BCUT2D eigenvalue weighted by Gasteiger charge is -2.21. The number of aldehydes is 1. The number of hydrogen-bond acceptors (Lipinski definition) is 2. The smallest absolute Gasteiger partial charge is 0.150 e. The predicted octanol–water partition coefficient (Wildman–Crippen LogP) is 3.46. The zero-order valence-electron chi connectivity index (χ0n) is 9.52. The molecule has 0 aromatic heterocycles. The minimum Gasteiger partial charge on any atom is -0.493 e. The molecule has 2 nitrogen and oxygen atoms in total. The van der Waals surface area contributed by atoms with Crippen LogP contribution in [0.4, 0.5) is 0 Å². The summed E-state index contributed by atoms with van der Waals surface area (Å²) < 4.78 is 5.73. The first kappa shape index (κ1) is 11.2. The van der Waals surface area contributed by atoms with Gasteiger partial charge >= 0.3 is 0 Å². The number of ether oxygens (including phenoxy) is 1. The molecule has 2 rings (SSSR count). The molecule has 0 saturated heterocycles. The van der Waals surface area contributed by atoms with Gasteiger partial charge in [0.1, 0.15) is 12.0 Å². The SMILES string of the molecule is O=Cc1ccc(OCC2CCCCC2)cc1. The van der Waals surface area contributed by atoms with Gasteiger partial charge in [-0.2, -0.15) is 0 Å². The van der Waals surface area contributed by atoms with Crippen LogP contribution in [0.15, 0.2) is 24.3 Å². The van der Waals surface area contributed by atoms with Gasteiger partial charge in [-0.3, -0.25) is 4.79 Å². The topological polar surface area (TPSA) is 26.3 Å². The van der Waals surface area contributed by atoms with Crippen molar-refractivity contribution < 1.29 is 9.53 Å². The number of rotatable bonds is 4. The van der Waals surface area contributed by atoms with E-state index in [0.29, 0.717) is 5.56 Å². The second-order valence-corrected chi connectivity index (χ2v) is 4.50. The Labute approximate surface area is 96.6 Å². The molecule has 0 radical (unpaired) electrons. The summed E-state index contributed by atoms with van der Waals surface area (Å²) in [5.74, 6) is 1.59. The van der Waals surface area contributed by atoms with E-state index >= 15 is 0 Å². The Morgan fingerprint density at radius 2 is 1.81 bits per heavy atom. The highest BCUT2D eigenvalue weighted by atomic mass is 16.5. The zero-order chi connectivity index (χ0) is 11.2. The van der Waals surface area contributed by atoms with Crippen molar-refractivity contribution in [1.29, 1.82) is 0 Å². The minimum absolute atomic E-state index is 0.699. The summed E-state index contributed by atoms with van der Waals surface area (Å²) >= 11 is 0. The highest BCUT2D eigenvalue weighted by molar-refractivity contribution is 5.74. The molecule has 1 aliphatic rings. The van der Waals surface area contributed by atoms with Gasteiger partial charge in [0.2, 0.25) is 0 Å². The van der Waals surface area contributed by atoms with Crippen molar-refractivity contribution in [3.05, 3.63) is 29.8 Å². The molecule has 1 aromatic carbocycles. The van der Waals surface area contributed by atoms with E-state index in [2.05, 4.69) is 0 Å². The molecule has 86 valence electrons. The minimum atomic E-state index is 0.699. The molecule has 1 aromatic rings. The van der Waals surface area contributed by atoms with Gasteiger partial charge in [-0.05, 0) is 43.0 Å². The first-order valence-electron chi connectivity index (χ1n) is 6.06. The van der Waals surface area contributed by atoms with Crippen molar-refractivity contribution in [3.8, 4) is 5.75 Å². The quantitative estimate of drug-likeness (QED) is 0.723. The summed E-state index contributed by atoms with van der Waals surface area (Å²) in [5, 5.41) is 0. The van der Waals surface area contributed by atoms with Gasteiger partial charge < -0.3 is 4.74 Å². The third-order valence-corrected chi connectivity index (χ3v) is 3.23.